The van der Waals surface area contributed by atoms with Crippen molar-refractivity contribution in [1.82, 2.24) is 15.1 Å². The number of aromatic nitrogens is 2. The van der Waals surface area contributed by atoms with Crippen molar-refractivity contribution in [2.24, 2.45) is 0 Å². The number of carbonyl (C=O) groups is 1. The van der Waals surface area contributed by atoms with Crippen LogP contribution in [-0.4, -0.2) is 34.1 Å². The van der Waals surface area contributed by atoms with E-state index < -0.39 is 0 Å². The first kappa shape index (κ1) is 14.4. The van der Waals surface area contributed by atoms with Crippen LogP contribution < -0.4 is 5.32 Å². The summed E-state index contributed by atoms with van der Waals surface area (Å²) in [6.07, 6.45) is 3.25. The standard InChI is InChI=1S/C16H17FN4O/c17-12-5-4-6-13(11-12)18-15-8-7-14(19-20-15)16(22)21-9-2-1-3-10-21/h4-8,11H,1-3,9-10H2,(H,18,20). The molecule has 1 aliphatic rings. The van der Waals surface area contributed by atoms with Crippen LogP contribution in [0.15, 0.2) is 36.4 Å². The van der Waals surface area contributed by atoms with Crippen LogP contribution in [0.2, 0.25) is 0 Å². The predicted molar refractivity (Wildman–Crippen MR) is 81.5 cm³/mol. The van der Waals surface area contributed by atoms with Gasteiger partial charge in [-0.15, -0.1) is 10.2 Å². The van der Waals surface area contributed by atoms with Gasteiger partial charge in [0.2, 0.25) is 0 Å². The van der Waals surface area contributed by atoms with Crippen LogP contribution in [0.5, 0.6) is 0 Å². The van der Waals surface area contributed by atoms with E-state index in [2.05, 4.69) is 15.5 Å². The molecule has 1 aromatic heterocycles. The Morgan fingerprint density at radius 3 is 2.59 bits per heavy atom. The second-order valence-corrected chi connectivity index (χ2v) is 5.29. The Bertz CT molecular complexity index is 653. The van der Waals surface area contributed by atoms with E-state index >= 15 is 0 Å². The third-order valence-electron chi connectivity index (χ3n) is 3.62. The van der Waals surface area contributed by atoms with Crippen molar-refractivity contribution < 1.29 is 9.18 Å². The van der Waals surface area contributed by atoms with Crippen molar-refractivity contribution in [3.05, 3.63) is 47.9 Å². The Balaban J connectivity index is 1.68. The van der Waals surface area contributed by atoms with Crippen molar-refractivity contribution in [2.75, 3.05) is 18.4 Å². The summed E-state index contributed by atoms with van der Waals surface area (Å²) in [6, 6.07) is 9.41. The zero-order valence-corrected chi connectivity index (χ0v) is 12.1. The highest BCUT2D eigenvalue weighted by Crippen LogP contribution is 2.16. The molecule has 5 nitrogen and oxygen atoms in total. The summed E-state index contributed by atoms with van der Waals surface area (Å²) in [5.74, 6) is 0.0696. The molecule has 1 fully saturated rings. The molecule has 3 rings (SSSR count). The van der Waals surface area contributed by atoms with Crippen LogP contribution in [0.4, 0.5) is 15.9 Å². The van der Waals surface area contributed by atoms with Crippen LogP contribution in [-0.2, 0) is 0 Å². The summed E-state index contributed by atoms with van der Waals surface area (Å²) in [4.78, 5) is 14.1. The number of nitrogens with one attached hydrogen (secondary N) is 1. The maximum atomic E-state index is 13.1. The molecule has 1 aliphatic heterocycles. The Morgan fingerprint density at radius 2 is 1.91 bits per heavy atom. The quantitative estimate of drug-likeness (QED) is 0.946. The van der Waals surface area contributed by atoms with Crippen molar-refractivity contribution in [2.45, 2.75) is 19.3 Å². The lowest BCUT2D eigenvalue weighted by molar-refractivity contribution is 0.0717. The molecule has 1 aromatic carbocycles. The number of likely N-dealkylation sites (tertiary alicyclic amines) is 1. The van der Waals surface area contributed by atoms with E-state index in [0.29, 0.717) is 17.2 Å². The summed E-state index contributed by atoms with van der Waals surface area (Å²) < 4.78 is 13.1. The van der Waals surface area contributed by atoms with E-state index in [1.165, 1.54) is 18.6 Å². The van der Waals surface area contributed by atoms with Crippen molar-refractivity contribution >= 4 is 17.4 Å². The summed E-state index contributed by atoms with van der Waals surface area (Å²) in [6.45, 7) is 1.56. The first-order valence-corrected chi connectivity index (χ1v) is 7.38. The molecule has 0 unspecified atom stereocenters. The molecule has 2 heterocycles. The molecule has 0 bridgehead atoms. The molecule has 2 aromatic rings. The number of piperidine rings is 1. The number of halogens is 1. The molecule has 6 heteroatoms. The Kier molecular flexibility index (Phi) is 4.27. The monoisotopic (exact) mass is 300 g/mol. The van der Waals surface area contributed by atoms with Crippen LogP contribution in [0.25, 0.3) is 0 Å². The zero-order chi connectivity index (χ0) is 15.4. The van der Waals surface area contributed by atoms with Gasteiger partial charge in [0, 0.05) is 18.8 Å². The topological polar surface area (TPSA) is 58.1 Å². The van der Waals surface area contributed by atoms with Gasteiger partial charge in [0.25, 0.3) is 5.91 Å². The number of nitrogens with zero attached hydrogens (tertiary/aromatic N) is 3. The minimum atomic E-state index is -0.324. The number of hydrogen-bond donors (Lipinski definition) is 1. The van der Waals surface area contributed by atoms with E-state index in [1.807, 2.05) is 4.90 Å². The fraction of sp³-hybridized carbons (Fsp3) is 0.312. The second kappa shape index (κ2) is 6.51. The van der Waals surface area contributed by atoms with Crippen molar-refractivity contribution in [3.63, 3.8) is 0 Å². The van der Waals surface area contributed by atoms with Gasteiger partial charge in [0.15, 0.2) is 11.5 Å². The minimum Gasteiger partial charge on any atom is -0.339 e. The van der Waals surface area contributed by atoms with Gasteiger partial charge in [0.1, 0.15) is 5.82 Å². The minimum absolute atomic E-state index is 0.0792. The molecular formula is C16H17FN4O. The number of amides is 1. The zero-order valence-electron chi connectivity index (χ0n) is 12.1. The van der Waals surface area contributed by atoms with Gasteiger partial charge in [-0.1, -0.05) is 6.07 Å². The largest absolute Gasteiger partial charge is 0.339 e. The number of benzene rings is 1. The van der Waals surface area contributed by atoms with Gasteiger partial charge in [0.05, 0.1) is 0 Å². The van der Waals surface area contributed by atoms with Gasteiger partial charge in [-0.25, -0.2) is 4.39 Å². The Labute approximate surface area is 128 Å². The Hall–Kier alpha value is -2.50. The molecule has 1 N–H and O–H groups in total. The van der Waals surface area contributed by atoms with Crippen LogP contribution in [0.1, 0.15) is 29.8 Å². The highest BCUT2D eigenvalue weighted by Gasteiger charge is 2.19. The summed E-state index contributed by atoms with van der Waals surface area (Å²) in [5.41, 5.74) is 0.927. The summed E-state index contributed by atoms with van der Waals surface area (Å²) >= 11 is 0. The van der Waals surface area contributed by atoms with Crippen LogP contribution in [0, 0.1) is 5.82 Å². The molecule has 0 aliphatic carbocycles. The molecule has 1 amide bonds. The van der Waals surface area contributed by atoms with Crippen LogP contribution in [0.3, 0.4) is 0 Å². The summed E-state index contributed by atoms with van der Waals surface area (Å²) in [7, 11) is 0. The lowest BCUT2D eigenvalue weighted by atomic mass is 10.1. The number of hydrogen-bond acceptors (Lipinski definition) is 4. The van der Waals surface area contributed by atoms with Gasteiger partial charge < -0.3 is 10.2 Å². The first-order valence-electron chi connectivity index (χ1n) is 7.38. The maximum absolute atomic E-state index is 13.1. The molecule has 114 valence electrons. The average Bonchev–Trinajstić information content (AvgIpc) is 2.56. The van der Waals surface area contributed by atoms with Gasteiger partial charge in [-0.2, -0.15) is 0 Å². The van der Waals surface area contributed by atoms with Gasteiger partial charge >= 0.3 is 0 Å². The highest BCUT2D eigenvalue weighted by molar-refractivity contribution is 5.92. The maximum Gasteiger partial charge on any atom is 0.274 e. The van der Waals surface area contributed by atoms with Crippen LogP contribution >= 0.6 is 0 Å². The predicted octanol–water partition coefficient (Wildman–Crippen LogP) is 2.99. The Morgan fingerprint density at radius 1 is 1.09 bits per heavy atom. The first-order chi connectivity index (χ1) is 10.7. The molecule has 1 saturated heterocycles. The summed E-state index contributed by atoms with van der Waals surface area (Å²) in [5, 5.41) is 10.9. The van der Waals surface area contributed by atoms with Crippen molar-refractivity contribution in [3.8, 4) is 0 Å². The lowest BCUT2D eigenvalue weighted by Crippen LogP contribution is -2.36. The van der Waals surface area contributed by atoms with E-state index in [-0.39, 0.29) is 11.7 Å². The SMILES string of the molecule is O=C(c1ccc(Nc2cccc(F)c2)nn1)N1CCCCC1. The number of carbonyl (C=O) groups excluding carboxylic acids is 1. The average molecular weight is 300 g/mol. The smallest absolute Gasteiger partial charge is 0.274 e. The number of rotatable bonds is 3. The van der Waals surface area contributed by atoms with Gasteiger partial charge in [-0.3, -0.25) is 4.79 Å². The van der Waals surface area contributed by atoms with Gasteiger partial charge in [-0.05, 0) is 49.6 Å². The highest BCUT2D eigenvalue weighted by atomic mass is 19.1. The fourth-order valence-electron chi connectivity index (χ4n) is 2.49. The molecule has 0 saturated carbocycles. The molecule has 22 heavy (non-hydrogen) atoms. The second-order valence-electron chi connectivity index (χ2n) is 5.29. The molecule has 0 atom stereocenters. The fourth-order valence-corrected chi connectivity index (χ4v) is 2.49. The third kappa shape index (κ3) is 3.39. The molecular weight excluding hydrogens is 283 g/mol. The van der Waals surface area contributed by atoms with E-state index in [0.717, 1.165) is 25.9 Å². The van der Waals surface area contributed by atoms with E-state index in [1.54, 1.807) is 24.3 Å². The number of anilines is 2. The molecule has 0 radical (unpaired) electrons. The van der Waals surface area contributed by atoms with E-state index in [4.69, 9.17) is 0 Å². The van der Waals surface area contributed by atoms with E-state index in [9.17, 15) is 9.18 Å². The normalized spacial score (nSPS) is 14.7. The van der Waals surface area contributed by atoms with Crippen molar-refractivity contribution in [1.29, 1.82) is 0 Å². The third-order valence-corrected chi connectivity index (χ3v) is 3.62. The lowest BCUT2D eigenvalue weighted by Gasteiger charge is -2.26. The molecule has 0 spiro atoms.